The lowest BCUT2D eigenvalue weighted by molar-refractivity contribution is -0.139. The Morgan fingerprint density at radius 3 is 2.78 bits per heavy atom. The lowest BCUT2D eigenvalue weighted by atomic mass is 10.2. The highest BCUT2D eigenvalue weighted by molar-refractivity contribution is 5.94. The summed E-state index contributed by atoms with van der Waals surface area (Å²) < 4.78 is 4.76. The van der Waals surface area contributed by atoms with Gasteiger partial charge in [0, 0.05) is 26.2 Å². The molecule has 1 rings (SSSR count). The van der Waals surface area contributed by atoms with E-state index in [2.05, 4.69) is 10.3 Å². The number of aromatic nitrogens is 1. The number of hydrogen-bond donors (Lipinski definition) is 3. The summed E-state index contributed by atoms with van der Waals surface area (Å²) in [4.78, 5) is 35.9. The van der Waals surface area contributed by atoms with Gasteiger partial charge < -0.3 is 20.1 Å². The van der Waals surface area contributed by atoms with Gasteiger partial charge in [-0.25, -0.2) is 4.79 Å². The van der Waals surface area contributed by atoms with E-state index in [0.29, 0.717) is 0 Å². The Labute approximate surface area is 103 Å². The molecule has 0 aliphatic carbocycles. The minimum absolute atomic E-state index is 0.0196. The molecule has 0 saturated heterocycles. The molecule has 0 radical (unpaired) electrons. The maximum Gasteiger partial charge on any atom is 0.326 e. The van der Waals surface area contributed by atoms with Crippen molar-refractivity contribution in [3.8, 4) is 0 Å². The van der Waals surface area contributed by atoms with Crippen molar-refractivity contribution in [3.05, 3.63) is 34.2 Å². The number of hydrogen-bond acceptors (Lipinski definition) is 4. The Morgan fingerprint density at radius 2 is 2.22 bits per heavy atom. The molecule has 98 valence electrons. The van der Waals surface area contributed by atoms with Crippen molar-refractivity contribution in [1.29, 1.82) is 0 Å². The SMILES string of the molecule is COCCC(NC(=O)c1cccc(=O)[nH]1)C(=O)O. The molecule has 7 heteroatoms. The molecule has 1 amide bonds. The number of aliphatic carboxylic acids is 1. The molecule has 0 spiro atoms. The number of methoxy groups -OCH3 is 1. The number of amides is 1. The number of carboxylic acid groups (broad SMARTS) is 1. The molecule has 1 atom stereocenters. The molecule has 1 aromatic heterocycles. The van der Waals surface area contributed by atoms with Crippen molar-refractivity contribution in [2.75, 3.05) is 13.7 Å². The average Bonchev–Trinajstić information content (AvgIpc) is 2.33. The third kappa shape index (κ3) is 4.02. The van der Waals surface area contributed by atoms with Gasteiger partial charge >= 0.3 is 5.97 Å². The summed E-state index contributed by atoms with van der Waals surface area (Å²) >= 11 is 0. The van der Waals surface area contributed by atoms with Crippen LogP contribution in [0.2, 0.25) is 0 Å². The van der Waals surface area contributed by atoms with Crippen LogP contribution < -0.4 is 10.9 Å². The minimum Gasteiger partial charge on any atom is -0.480 e. The van der Waals surface area contributed by atoms with Gasteiger partial charge in [-0.2, -0.15) is 0 Å². The quantitative estimate of drug-likeness (QED) is 0.639. The van der Waals surface area contributed by atoms with Gasteiger partial charge in [0.05, 0.1) is 0 Å². The largest absolute Gasteiger partial charge is 0.480 e. The molecule has 18 heavy (non-hydrogen) atoms. The smallest absolute Gasteiger partial charge is 0.326 e. The summed E-state index contributed by atoms with van der Waals surface area (Å²) in [5.41, 5.74) is -0.405. The first-order valence-electron chi connectivity index (χ1n) is 5.26. The molecular formula is C11H14N2O5. The summed E-state index contributed by atoms with van der Waals surface area (Å²) in [5.74, 6) is -1.80. The Bertz CT molecular complexity index is 482. The first kappa shape index (κ1) is 13.9. The van der Waals surface area contributed by atoms with Crippen LogP contribution in [0.1, 0.15) is 16.9 Å². The van der Waals surface area contributed by atoms with Crippen molar-refractivity contribution >= 4 is 11.9 Å². The molecule has 1 aromatic rings. The fourth-order valence-electron chi connectivity index (χ4n) is 1.31. The van der Waals surface area contributed by atoms with Crippen LogP contribution in [0.5, 0.6) is 0 Å². The van der Waals surface area contributed by atoms with Gasteiger partial charge in [0.1, 0.15) is 11.7 Å². The predicted molar refractivity (Wildman–Crippen MR) is 62.4 cm³/mol. The monoisotopic (exact) mass is 254 g/mol. The van der Waals surface area contributed by atoms with Gasteiger partial charge in [0.2, 0.25) is 5.56 Å². The second-order valence-corrected chi connectivity index (χ2v) is 3.57. The number of ether oxygens (including phenoxy) is 1. The second kappa shape index (κ2) is 6.55. The summed E-state index contributed by atoms with van der Waals surface area (Å²) in [6.07, 6.45) is 0.147. The number of carbonyl (C=O) groups is 2. The molecular weight excluding hydrogens is 240 g/mol. The summed E-state index contributed by atoms with van der Waals surface area (Å²) in [6.45, 7) is 0.211. The molecule has 1 heterocycles. The second-order valence-electron chi connectivity index (χ2n) is 3.57. The van der Waals surface area contributed by atoms with E-state index in [-0.39, 0.29) is 18.7 Å². The lowest BCUT2D eigenvalue weighted by Crippen LogP contribution is -2.42. The van der Waals surface area contributed by atoms with E-state index in [9.17, 15) is 14.4 Å². The highest BCUT2D eigenvalue weighted by Crippen LogP contribution is 1.97. The third-order valence-electron chi connectivity index (χ3n) is 2.23. The fraction of sp³-hybridized carbons (Fsp3) is 0.364. The van der Waals surface area contributed by atoms with E-state index in [1.807, 2.05) is 0 Å². The Kier molecular flexibility index (Phi) is 5.06. The van der Waals surface area contributed by atoms with E-state index >= 15 is 0 Å². The number of carbonyl (C=O) groups excluding carboxylic acids is 1. The van der Waals surface area contributed by atoms with Crippen molar-refractivity contribution in [2.45, 2.75) is 12.5 Å². The minimum atomic E-state index is -1.15. The molecule has 0 aliphatic heterocycles. The highest BCUT2D eigenvalue weighted by atomic mass is 16.5. The average molecular weight is 254 g/mol. The van der Waals surface area contributed by atoms with Crippen molar-refractivity contribution in [2.24, 2.45) is 0 Å². The molecule has 7 nitrogen and oxygen atoms in total. The molecule has 0 bridgehead atoms. The predicted octanol–water partition coefficient (Wildman–Crippen LogP) is -0.406. The van der Waals surface area contributed by atoms with Gasteiger partial charge in [-0.1, -0.05) is 6.07 Å². The normalized spacial score (nSPS) is 11.8. The van der Waals surface area contributed by atoms with E-state index in [1.165, 1.54) is 25.3 Å². The maximum absolute atomic E-state index is 11.7. The standard InChI is InChI=1S/C11H14N2O5/c1-18-6-5-8(11(16)17)13-10(15)7-3-2-4-9(14)12-7/h2-4,8H,5-6H2,1H3,(H,12,14)(H,13,15)(H,16,17). The zero-order valence-corrected chi connectivity index (χ0v) is 9.80. The molecule has 0 saturated carbocycles. The Morgan fingerprint density at radius 1 is 1.50 bits per heavy atom. The summed E-state index contributed by atoms with van der Waals surface area (Å²) in [5, 5.41) is 11.2. The van der Waals surface area contributed by atoms with Crippen LogP contribution in [0, 0.1) is 0 Å². The van der Waals surface area contributed by atoms with E-state index in [4.69, 9.17) is 9.84 Å². The van der Waals surface area contributed by atoms with E-state index < -0.39 is 23.5 Å². The van der Waals surface area contributed by atoms with Crippen molar-refractivity contribution in [3.63, 3.8) is 0 Å². The lowest BCUT2D eigenvalue weighted by Gasteiger charge is -2.13. The fourth-order valence-corrected chi connectivity index (χ4v) is 1.31. The maximum atomic E-state index is 11.7. The van der Waals surface area contributed by atoms with Crippen LogP contribution in [-0.4, -0.2) is 41.7 Å². The van der Waals surface area contributed by atoms with Gasteiger partial charge in [0.15, 0.2) is 0 Å². The van der Waals surface area contributed by atoms with Gasteiger partial charge in [-0.15, -0.1) is 0 Å². The van der Waals surface area contributed by atoms with Crippen LogP contribution in [-0.2, 0) is 9.53 Å². The number of nitrogens with one attached hydrogen (secondary N) is 2. The molecule has 0 fully saturated rings. The Hall–Kier alpha value is -2.15. The summed E-state index contributed by atoms with van der Waals surface area (Å²) in [7, 11) is 1.44. The number of rotatable bonds is 6. The van der Waals surface area contributed by atoms with Gasteiger partial charge in [0.25, 0.3) is 5.91 Å². The van der Waals surface area contributed by atoms with Crippen LogP contribution in [0.25, 0.3) is 0 Å². The topological polar surface area (TPSA) is 108 Å². The first-order chi connectivity index (χ1) is 8.54. The van der Waals surface area contributed by atoms with E-state index in [0.717, 1.165) is 0 Å². The van der Waals surface area contributed by atoms with Crippen LogP contribution >= 0.6 is 0 Å². The van der Waals surface area contributed by atoms with Crippen LogP contribution in [0.4, 0.5) is 0 Å². The molecule has 0 aliphatic rings. The zero-order chi connectivity index (χ0) is 13.5. The summed E-state index contributed by atoms with van der Waals surface area (Å²) in [6, 6.07) is 3.02. The van der Waals surface area contributed by atoms with Crippen LogP contribution in [0.15, 0.2) is 23.0 Å². The van der Waals surface area contributed by atoms with Crippen molar-refractivity contribution in [1.82, 2.24) is 10.3 Å². The molecule has 3 N–H and O–H groups in total. The molecule has 0 aromatic carbocycles. The zero-order valence-electron chi connectivity index (χ0n) is 9.80. The van der Waals surface area contributed by atoms with Gasteiger partial charge in [-0.05, 0) is 6.07 Å². The first-order valence-corrected chi connectivity index (χ1v) is 5.26. The highest BCUT2D eigenvalue weighted by Gasteiger charge is 2.20. The van der Waals surface area contributed by atoms with Crippen LogP contribution in [0.3, 0.4) is 0 Å². The van der Waals surface area contributed by atoms with E-state index in [1.54, 1.807) is 0 Å². The van der Waals surface area contributed by atoms with Crippen molar-refractivity contribution < 1.29 is 19.4 Å². The van der Waals surface area contributed by atoms with Gasteiger partial charge in [-0.3, -0.25) is 9.59 Å². The number of aromatic amines is 1. The number of carboxylic acids is 1. The molecule has 1 unspecified atom stereocenters. The third-order valence-corrected chi connectivity index (χ3v) is 2.23. The number of pyridine rings is 1. The number of H-pyrrole nitrogens is 1. The Balaban J connectivity index is 2.72.